The van der Waals surface area contributed by atoms with Gasteiger partial charge in [0.1, 0.15) is 0 Å². The van der Waals surface area contributed by atoms with Crippen molar-refractivity contribution in [1.29, 1.82) is 0 Å². The van der Waals surface area contributed by atoms with Crippen LogP contribution in [-0.2, 0) is 16.2 Å². The fourth-order valence-corrected chi connectivity index (χ4v) is 12.5. The van der Waals surface area contributed by atoms with E-state index in [4.69, 9.17) is 0 Å². The minimum absolute atomic E-state index is 0.115. The highest BCUT2D eigenvalue weighted by Crippen LogP contribution is 2.73. The molecule has 6 aromatic carbocycles. The Morgan fingerprint density at radius 2 is 1.21 bits per heavy atom. The molecule has 0 saturated heterocycles. The van der Waals surface area contributed by atoms with Crippen LogP contribution in [0.1, 0.15) is 88.5 Å². The summed E-state index contributed by atoms with van der Waals surface area (Å²) in [4.78, 5) is 2.63. The van der Waals surface area contributed by atoms with Crippen LogP contribution in [0.3, 0.4) is 0 Å². The second kappa shape index (κ2) is 10.7. The van der Waals surface area contributed by atoms with Crippen LogP contribution in [0.4, 0.5) is 17.1 Å². The van der Waals surface area contributed by atoms with Crippen LogP contribution in [0.25, 0.3) is 33.0 Å². The Hall–Kier alpha value is -4.62. The molecular weight excluding hydrogens is 627 g/mol. The third-order valence-electron chi connectivity index (χ3n) is 14.9. The first-order valence-corrected chi connectivity index (χ1v) is 20.0. The summed E-state index contributed by atoms with van der Waals surface area (Å²) in [6.07, 6.45) is 8.05. The molecule has 6 aliphatic rings. The molecule has 6 aliphatic carbocycles. The van der Waals surface area contributed by atoms with E-state index in [-0.39, 0.29) is 16.2 Å². The van der Waals surface area contributed by atoms with Gasteiger partial charge in [-0.15, -0.1) is 0 Å². The molecule has 5 atom stereocenters. The van der Waals surface area contributed by atoms with Crippen molar-refractivity contribution in [1.82, 2.24) is 0 Å². The second-order valence-corrected chi connectivity index (χ2v) is 18.4. The van der Waals surface area contributed by atoms with Crippen molar-refractivity contribution in [3.63, 3.8) is 0 Å². The van der Waals surface area contributed by atoms with Gasteiger partial charge in [0, 0.05) is 22.4 Å². The topological polar surface area (TPSA) is 3.24 Å². The standard InChI is InChI=1S/C51H49N/c1-49(2)22-23-50(3,4)47-29-39(20-21-44(47)49)52(38-19-18-33-12-8-9-15-35(33)28-38)48-31-46-42(30-41(48)34-13-6-5-7-14-34)40-16-10-11-17-43(40)51(46)37-25-32-24-36(27-37)45(51)26-32/h5-21,28-32,36-37,45H,22-27H2,1-4H3. The number of hydrogen-bond donors (Lipinski definition) is 0. The highest BCUT2D eigenvalue weighted by molar-refractivity contribution is 5.97. The predicted octanol–water partition coefficient (Wildman–Crippen LogP) is 13.7. The number of nitrogens with zero attached hydrogens (tertiary/aromatic N) is 1. The molecule has 0 N–H and O–H groups in total. The lowest BCUT2D eigenvalue weighted by Gasteiger charge is -2.44. The lowest BCUT2D eigenvalue weighted by atomic mass is 9.59. The average molecular weight is 676 g/mol. The van der Waals surface area contributed by atoms with Crippen LogP contribution in [0.5, 0.6) is 0 Å². The molecule has 52 heavy (non-hydrogen) atoms. The molecule has 4 bridgehead atoms. The summed E-state index contributed by atoms with van der Waals surface area (Å²) in [6.45, 7) is 9.80. The number of benzene rings is 6. The van der Waals surface area contributed by atoms with Crippen LogP contribution < -0.4 is 4.90 Å². The maximum atomic E-state index is 2.70. The number of anilines is 3. The summed E-state index contributed by atoms with van der Waals surface area (Å²) in [6, 6.07) is 49.5. The molecule has 1 nitrogen and oxygen atoms in total. The Morgan fingerprint density at radius 1 is 0.500 bits per heavy atom. The van der Waals surface area contributed by atoms with E-state index in [0.29, 0.717) is 0 Å². The molecule has 4 saturated carbocycles. The van der Waals surface area contributed by atoms with Crippen LogP contribution in [0.15, 0.2) is 127 Å². The highest BCUT2D eigenvalue weighted by atomic mass is 15.1. The molecule has 0 aromatic heterocycles. The molecule has 5 unspecified atom stereocenters. The third kappa shape index (κ3) is 4.17. The van der Waals surface area contributed by atoms with Crippen molar-refractivity contribution in [2.24, 2.45) is 23.7 Å². The van der Waals surface area contributed by atoms with Crippen LogP contribution in [0, 0.1) is 23.7 Å². The molecule has 0 amide bonds. The fourth-order valence-electron chi connectivity index (χ4n) is 12.5. The van der Waals surface area contributed by atoms with Gasteiger partial charge in [0.05, 0.1) is 5.69 Å². The Kier molecular flexibility index (Phi) is 6.38. The van der Waals surface area contributed by atoms with Gasteiger partial charge >= 0.3 is 0 Å². The Labute approximate surface area is 309 Å². The van der Waals surface area contributed by atoms with Crippen molar-refractivity contribution in [3.8, 4) is 22.3 Å². The summed E-state index contributed by atoms with van der Waals surface area (Å²) in [5.41, 5.74) is 16.0. The van der Waals surface area contributed by atoms with Gasteiger partial charge in [0.15, 0.2) is 0 Å². The predicted molar refractivity (Wildman–Crippen MR) is 218 cm³/mol. The van der Waals surface area contributed by atoms with E-state index < -0.39 is 0 Å². The normalized spacial score (nSPS) is 26.8. The zero-order valence-corrected chi connectivity index (χ0v) is 31.1. The van der Waals surface area contributed by atoms with Gasteiger partial charge in [0.2, 0.25) is 0 Å². The first kappa shape index (κ1) is 31.0. The highest BCUT2D eigenvalue weighted by Gasteiger charge is 2.66. The molecule has 258 valence electrons. The van der Waals surface area contributed by atoms with E-state index in [1.165, 1.54) is 99.7 Å². The summed E-state index contributed by atoms with van der Waals surface area (Å²) in [5, 5.41) is 2.56. The van der Waals surface area contributed by atoms with Gasteiger partial charge in [-0.2, -0.15) is 0 Å². The smallest absolute Gasteiger partial charge is 0.0543 e. The average Bonchev–Trinajstić information content (AvgIpc) is 3.70. The second-order valence-electron chi connectivity index (χ2n) is 18.4. The van der Waals surface area contributed by atoms with Crippen molar-refractivity contribution < 1.29 is 0 Å². The largest absolute Gasteiger partial charge is 0.310 e. The lowest BCUT2D eigenvalue weighted by molar-refractivity contribution is 0.191. The molecule has 12 rings (SSSR count). The van der Waals surface area contributed by atoms with E-state index in [1.54, 1.807) is 11.1 Å². The summed E-state index contributed by atoms with van der Waals surface area (Å²) < 4.78 is 0. The Balaban J connectivity index is 1.22. The van der Waals surface area contributed by atoms with Crippen LogP contribution >= 0.6 is 0 Å². The quantitative estimate of drug-likeness (QED) is 0.180. The first-order chi connectivity index (χ1) is 25.2. The van der Waals surface area contributed by atoms with E-state index in [0.717, 1.165) is 23.7 Å². The van der Waals surface area contributed by atoms with Crippen LogP contribution in [0.2, 0.25) is 0 Å². The van der Waals surface area contributed by atoms with E-state index in [1.807, 2.05) is 0 Å². The van der Waals surface area contributed by atoms with E-state index >= 15 is 0 Å². The molecule has 1 spiro atoms. The third-order valence-corrected chi connectivity index (χ3v) is 14.9. The zero-order chi connectivity index (χ0) is 35.0. The molecule has 0 heterocycles. The molecule has 1 heteroatoms. The molecule has 4 fully saturated rings. The molecule has 0 radical (unpaired) electrons. The molecule has 0 aliphatic heterocycles. The van der Waals surface area contributed by atoms with Gasteiger partial charge in [-0.1, -0.05) is 119 Å². The maximum Gasteiger partial charge on any atom is 0.0543 e. The summed E-state index contributed by atoms with van der Waals surface area (Å²) in [5.74, 6) is 3.27. The van der Waals surface area contributed by atoms with Gasteiger partial charge in [0.25, 0.3) is 0 Å². The molecule has 6 aromatic rings. The van der Waals surface area contributed by atoms with E-state index in [2.05, 4.69) is 160 Å². The van der Waals surface area contributed by atoms with E-state index in [9.17, 15) is 0 Å². The van der Waals surface area contributed by atoms with Gasteiger partial charge in [-0.3, -0.25) is 0 Å². The monoisotopic (exact) mass is 675 g/mol. The van der Waals surface area contributed by atoms with Gasteiger partial charge in [-0.05, 0) is 159 Å². The Bertz CT molecular complexity index is 2410. The summed E-state index contributed by atoms with van der Waals surface area (Å²) >= 11 is 0. The fraction of sp³-hybridized carbons (Fsp3) is 0.333. The van der Waals surface area contributed by atoms with Crippen LogP contribution in [-0.4, -0.2) is 0 Å². The maximum absolute atomic E-state index is 2.70. The number of hydrogen-bond acceptors (Lipinski definition) is 1. The van der Waals surface area contributed by atoms with Crippen molar-refractivity contribution >= 4 is 27.8 Å². The van der Waals surface area contributed by atoms with Gasteiger partial charge < -0.3 is 4.90 Å². The Morgan fingerprint density at radius 3 is 2.04 bits per heavy atom. The zero-order valence-electron chi connectivity index (χ0n) is 31.1. The molecular formula is C51H49N. The minimum Gasteiger partial charge on any atom is -0.310 e. The lowest BCUT2D eigenvalue weighted by Crippen LogP contribution is -2.40. The van der Waals surface area contributed by atoms with Crippen molar-refractivity contribution in [3.05, 3.63) is 150 Å². The minimum atomic E-state index is 0.115. The van der Waals surface area contributed by atoms with Crippen molar-refractivity contribution in [2.75, 3.05) is 4.90 Å². The SMILES string of the molecule is CC1(C)CCC(C)(C)c2cc(N(c3ccc4ccccc4c3)c3cc4c(cc3-c3ccccc3)-c3ccccc3C43C4CC5CC(C4)C3C5)ccc21. The first-order valence-electron chi connectivity index (χ1n) is 20.0. The summed E-state index contributed by atoms with van der Waals surface area (Å²) in [7, 11) is 0. The van der Waals surface area contributed by atoms with Crippen molar-refractivity contribution in [2.45, 2.75) is 82.5 Å². The van der Waals surface area contributed by atoms with Gasteiger partial charge in [-0.25, -0.2) is 0 Å². The number of rotatable bonds is 4. The number of fused-ring (bicyclic) bond motifs is 5.